The fourth-order valence-electron chi connectivity index (χ4n) is 4.60. The summed E-state index contributed by atoms with van der Waals surface area (Å²) in [4.78, 5) is 27.2. The molecule has 0 atom stereocenters. The lowest BCUT2D eigenvalue weighted by Gasteiger charge is -2.35. The summed E-state index contributed by atoms with van der Waals surface area (Å²) in [7, 11) is 0. The van der Waals surface area contributed by atoms with Gasteiger partial charge in [0, 0.05) is 56.7 Å². The molecule has 1 saturated heterocycles. The summed E-state index contributed by atoms with van der Waals surface area (Å²) in [6.07, 6.45) is 5.44. The Morgan fingerprint density at radius 2 is 1.76 bits per heavy atom. The SMILES string of the molecule is Cc1ccccc1-c1cc(C(=O)N2CCN(Cc3ccncc3)CC2)c2cnn(C(C)C)c2n1. The van der Waals surface area contributed by atoms with Crippen LogP contribution >= 0.6 is 0 Å². The van der Waals surface area contributed by atoms with Crippen LogP contribution in [0.15, 0.2) is 61.1 Å². The maximum atomic E-state index is 13.8. The van der Waals surface area contributed by atoms with E-state index in [0.717, 1.165) is 47.5 Å². The zero-order valence-corrected chi connectivity index (χ0v) is 20.0. The molecule has 0 bridgehead atoms. The molecular weight excluding hydrogens is 424 g/mol. The number of carbonyl (C=O) groups excluding carboxylic acids is 1. The van der Waals surface area contributed by atoms with Crippen LogP contribution in [0.25, 0.3) is 22.3 Å². The highest BCUT2D eigenvalue weighted by molar-refractivity contribution is 6.06. The van der Waals surface area contributed by atoms with Crippen molar-refractivity contribution in [2.45, 2.75) is 33.4 Å². The van der Waals surface area contributed by atoms with Crippen LogP contribution in [0.5, 0.6) is 0 Å². The van der Waals surface area contributed by atoms with Gasteiger partial charge in [-0.3, -0.25) is 14.7 Å². The second-order valence-electron chi connectivity index (χ2n) is 9.21. The van der Waals surface area contributed by atoms with Gasteiger partial charge in [0.05, 0.1) is 22.8 Å². The van der Waals surface area contributed by atoms with Crippen LogP contribution in [0.4, 0.5) is 0 Å². The fraction of sp³-hybridized carbons (Fsp3) is 0.333. The number of fused-ring (bicyclic) bond motifs is 1. The molecule has 1 aliphatic heterocycles. The summed E-state index contributed by atoms with van der Waals surface area (Å²) in [6.45, 7) is 10.2. The number of hydrogen-bond acceptors (Lipinski definition) is 5. The second kappa shape index (κ2) is 9.35. The highest BCUT2D eigenvalue weighted by Gasteiger charge is 2.26. The summed E-state index contributed by atoms with van der Waals surface area (Å²) >= 11 is 0. The lowest BCUT2D eigenvalue weighted by molar-refractivity contribution is 0.0630. The Kier molecular flexibility index (Phi) is 6.11. The van der Waals surface area contributed by atoms with Crippen molar-refractivity contribution >= 4 is 16.9 Å². The Labute approximate surface area is 200 Å². The van der Waals surface area contributed by atoms with Gasteiger partial charge in [-0.15, -0.1) is 0 Å². The monoisotopic (exact) mass is 454 g/mol. The Morgan fingerprint density at radius 3 is 2.47 bits per heavy atom. The van der Waals surface area contributed by atoms with Crippen LogP contribution in [0.3, 0.4) is 0 Å². The molecule has 0 N–H and O–H groups in total. The van der Waals surface area contributed by atoms with E-state index >= 15 is 0 Å². The average molecular weight is 455 g/mol. The van der Waals surface area contributed by atoms with Gasteiger partial charge in [0.25, 0.3) is 5.91 Å². The largest absolute Gasteiger partial charge is 0.336 e. The van der Waals surface area contributed by atoms with Crippen LogP contribution in [0, 0.1) is 6.92 Å². The lowest BCUT2D eigenvalue weighted by atomic mass is 10.0. The zero-order chi connectivity index (χ0) is 23.7. The molecular formula is C27H30N6O. The summed E-state index contributed by atoms with van der Waals surface area (Å²) in [5.41, 5.74) is 5.67. The van der Waals surface area contributed by atoms with Crippen molar-refractivity contribution in [3.63, 3.8) is 0 Å². The van der Waals surface area contributed by atoms with E-state index in [1.54, 1.807) is 6.20 Å². The van der Waals surface area contributed by atoms with E-state index in [4.69, 9.17) is 4.98 Å². The molecule has 0 radical (unpaired) electrons. The first-order valence-corrected chi connectivity index (χ1v) is 11.9. The highest BCUT2D eigenvalue weighted by Crippen LogP contribution is 2.29. The number of piperazine rings is 1. The van der Waals surface area contributed by atoms with Gasteiger partial charge in [-0.2, -0.15) is 5.10 Å². The molecule has 3 aromatic heterocycles. The Morgan fingerprint density at radius 1 is 1.03 bits per heavy atom. The van der Waals surface area contributed by atoms with E-state index < -0.39 is 0 Å². The van der Waals surface area contributed by atoms with Crippen molar-refractivity contribution in [3.8, 4) is 11.3 Å². The summed E-state index contributed by atoms with van der Waals surface area (Å²) in [5.74, 6) is 0.0501. The van der Waals surface area contributed by atoms with Gasteiger partial charge in [0.15, 0.2) is 5.65 Å². The Balaban J connectivity index is 1.44. The van der Waals surface area contributed by atoms with E-state index in [9.17, 15) is 4.79 Å². The smallest absolute Gasteiger partial charge is 0.254 e. The molecule has 0 saturated carbocycles. The molecule has 0 unspecified atom stereocenters. The number of aryl methyl sites for hydroxylation is 1. The molecule has 174 valence electrons. The standard InChI is InChI=1S/C27H30N6O/c1-19(2)33-26-24(17-29-33)23(16-25(30-26)22-7-5-4-6-20(22)3)27(34)32-14-12-31(13-15-32)18-21-8-10-28-11-9-21/h4-11,16-17,19H,12-15,18H2,1-3H3. The Bertz CT molecular complexity index is 1310. The second-order valence-corrected chi connectivity index (χ2v) is 9.21. The molecule has 7 heteroatoms. The normalized spacial score (nSPS) is 14.8. The molecule has 1 amide bonds. The van der Waals surface area contributed by atoms with Gasteiger partial charge in [-0.25, -0.2) is 9.67 Å². The third-order valence-electron chi connectivity index (χ3n) is 6.52. The van der Waals surface area contributed by atoms with Gasteiger partial charge >= 0.3 is 0 Å². The number of amides is 1. The van der Waals surface area contributed by atoms with Crippen LogP contribution < -0.4 is 0 Å². The first-order valence-electron chi connectivity index (χ1n) is 11.9. The topological polar surface area (TPSA) is 67.2 Å². The number of aromatic nitrogens is 4. The van der Waals surface area contributed by atoms with Crippen molar-refractivity contribution in [1.29, 1.82) is 0 Å². The molecule has 34 heavy (non-hydrogen) atoms. The van der Waals surface area contributed by atoms with Crippen molar-refractivity contribution in [1.82, 2.24) is 29.5 Å². The van der Waals surface area contributed by atoms with E-state index in [1.165, 1.54) is 5.56 Å². The average Bonchev–Trinajstić information content (AvgIpc) is 3.29. The molecule has 1 fully saturated rings. The molecule has 1 aromatic carbocycles. The first kappa shape index (κ1) is 22.2. The van der Waals surface area contributed by atoms with Crippen LogP contribution in [-0.2, 0) is 6.54 Å². The van der Waals surface area contributed by atoms with Crippen molar-refractivity contribution < 1.29 is 4.79 Å². The van der Waals surface area contributed by atoms with E-state index in [1.807, 2.05) is 52.3 Å². The third-order valence-corrected chi connectivity index (χ3v) is 6.52. The quantitative estimate of drug-likeness (QED) is 0.449. The van der Waals surface area contributed by atoms with Gasteiger partial charge in [-0.1, -0.05) is 24.3 Å². The Hall–Kier alpha value is -3.58. The number of hydrogen-bond donors (Lipinski definition) is 0. The van der Waals surface area contributed by atoms with E-state index in [-0.39, 0.29) is 11.9 Å². The molecule has 0 aliphatic carbocycles. The molecule has 1 aliphatic rings. The lowest BCUT2D eigenvalue weighted by Crippen LogP contribution is -2.48. The maximum absolute atomic E-state index is 13.8. The fourth-order valence-corrected chi connectivity index (χ4v) is 4.60. The van der Waals surface area contributed by atoms with E-state index in [0.29, 0.717) is 18.7 Å². The minimum atomic E-state index is 0.0501. The summed E-state index contributed by atoms with van der Waals surface area (Å²) in [6, 6.07) is 14.4. The van der Waals surface area contributed by atoms with Gasteiger partial charge in [0.1, 0.15) is 0 Å². The summed E-state index contributed by atoms with van der Waals surface area (Å²) < 4.78 is 1.90. The van der Waals surface area contributed by atoms with Gasteiger partial charge in [-0.05, 0) is 50.1 Å². The van der Waals surface area contributed by atoms with Gasteiger partial charge < -0.3 is 4.90 Å². The number of benzene rings is 1. The maximum Gasteiger partial charge on any atom is 0.254 e. The number of nitrogens with zero attached hydrogens (tertiary/aromatic N) is 6. The molecule has 4 heterocycles. The third kappa shape index (κ3) is 4.31. The van der Waals surface area contributed by atoms with Crippen LogP contribution in [0.2, 0.25) is 0 Å². The molecule has 7 nitrogen and oxygen atoms in total. The minimum absolute atomic E-state index is 0.0501. The first-order chi connectivity index (χ1) is 16.5. The van der Waals surface area contributed by atoms with Crippen molar-refractivity contribution in [2.75, 3.05) is 26.2 Å². The molecule has 4 aromatic rings. The van der Waals surface area contributed by atoms with E-state index in [2.05, 4.69) is 47.9 Å². The zero-order valence-electron chi connectivity index (χ0n) is 20.0. The molecule has 0 spiro atoms. The number of carbonyl (C=O) groups is 1. The van der Waals surface area contributed by atoms with Crippen molar-refractivity contribution in [2.24, 2.45) is 0 Å². The van der Waals surface area contributed by atoms with Crippen LogP contribution in [-0.4, -0.2) is 61.6 Å². The van der Waals surface area contributed by atoms with Crippen molar-refractivity contribution in [3.05, 3.63) is 77.7 Å². The highest BCUT2D eigenvalue weighted by atomic mass is 16.2. The summed E-state index contributed by atoms with van der Waals surface area (Å²) in [5, 5.41) is 5.38. The minimum Gasteiger partial charge on any atom is -0.336 e. The van der Waals surface area contributed by atoms with Crippen LogP contribution in [0.1, 0.15) is 41.4 Å². The number of pyridine rings is 2. The van der Waals surface area contributed by atoms with Gasteiger partial charge in [0.2, 0.25) is 0 Å². The predicted molar refractivity (Wildman–Crippen MR) is 134 cm³/mol. The molecule has 5 rings (SSSR count). The number of rotatable bonds is 5. The predicted octanol–water partition coefficient (Wildman–Crippen LogP) is 4.34.